The van der Waals surface area contributed by atoms with Gasteiger partial charge in [-0.25, -0.2) is 4.99 Å². The number of halogens is 2. The molecule has 8 heteroatoms. The minimum Gasteiger partial charge on any atom is -0.494 e. The molecule has 6 nitrogen and oxygen atoms in total. The summed E-state index contributed by atoms with van der Waals surface area (Å²) in [5.74, 6) is 0.201. The van der Waals surface area contributed by atoms with E-state index in [0.29, 0.717) is 39.0 Å². The largest absolute Gasteiger partial charge is 0.494 e. The number of nitrogens with one attached hydrogen (secondary N) is 1. The smallest absolute Gasteiger partial charge is 0.256 e. The number of rotatable bonds is 5. The number of amides is 1. The maximum absolute atomic E-state index is 13.0. The van der Waals surface area contributed by atoms with Gasteiger partial charge in [0.1, 0.15) is 22.6 Å². The van der Waals surface area contributed by atoms with E-state index >= 15 is 0 Å². The van der Waals surface area contributed by atoms with Crippen LogP contribution in [0.2, 0.25) is 10.0 Å². The van der Waals surface area contributed by atoms with Crippen LogP contribution in [0.15, 0.2) is 51.9 Å². The maximum atomic E-state index is 13.0. The Balaban J connectivity index is 1.80. The molecule has 1 atom stereocenters. The van der Waals surface area contributed by atoms with Gasteiger partial charge in [-0.15, -0.1) is 0 Å². The quantitative estimate of drug-likeness (QED) is 0.605. The molecule has 0 spiro atoms. The highest BCUT2D eigenvalue weighted by Crippen LogP contribution is 2.30. The number of nitrogens with zero attached hydrogens (tertiary/aromatic N) is 1. The van der Waals surface area contributed by atoms with Gasteiger partial charge in [-0.1, -0.05) is 23.2 Å². The Kier molecular flexibility index (Phi) is 6.27. The van der Waals surface area contributed by atoms with Gasteiger partial charge in [0.2, 0.25) is 5.55 Å². The van der Waals surface area contributed by atoms with Crippen molar-refractivity contribution in [3.8, 4) is 5.75 Å². The molecule has 2 aromatic carbocycles. The summed E-state index contributed by atoms with van der Waals surface area (Å²) in [6.07, 6.45) is 1.95. The number of benzene rings is 2. The highest BCUT2D eigenvalue weighted by molar-refractivity contribution is 6.31. The Morgan fingerprint density at radius 2 is 2.00 bits per heavy atom. The van der Waals surface area contributed by atoms with Gasteiger partial charge in [0.15, 0.2) is 0 Å². The number of hydrogen-bond acceptors (Lipinski definition) is 5. The van der Waals surface area contributed by atoms with Gasteiger partial charge < -0.3 is 19.2 Å². The molecule has 1 N–H and O–H groups in total. The summed E-state index contributed by atoms with van der Waals surface area (Å²) in [4.78, 5) is 17.5. The van der Waals surface area contributed by atoms with Crippen molar-refractivity contribution in [3.05, 3.63) is 63.6 Å². The molecule has 30 heavy (non-hydrogen) atoms. The van der Waals surface area contributed by atoms with Crippen molar-refractivity contribution in [2.24, 2.45) is 4.99 Å². The van der Waals surface area contributed by atoms with E-state index in [1.807, 2.05) is 0 Å². The van der Waals surface area contributed by atoms with E-state index < -0.39 is 0 Å². The van der Waals surface area contributed by atoms with Crippen molar-refractivity contribution < 1.29 is 18.7 Å². The van der Waals surface area contributed by atoms with Crippen molar-refractivity contribution in [1.29, 1.82) is 0 Å². The first-order valence-electron chi connectivity index (χ1n) is 9.55. The Morgan fingerprint density at radius 1 is 1.20 bits per heavy atom. The molecule has 1 aliphatic heterocycles. The fraction of sp³-hybridized carbons (Fsp3) is 0.273. The highest BCUT2D eigenvalue weighted by atomic mass is 35.5. The van der Waals surface area contributed by atoms with Gasteiger partial charge in [-0.3, -0.25) is 4.79 Å². The van der Waals surface area contributed by atoms with Crippen LogP contribution in [0.4, 0.5) is 5.69 Å². The third-order valence-corrected chi connectivity index (χ3v) is 5.30. The van der Waals surface area contributed by atoms with Crippen molar-refractivity contribution in [2.75, 3.05) is 20.3 Å². The van der Waals surface area contributed by atoms with E-state index in [1.54, 1.807) is 42.5 Å². The van der Waals surface area contributed by atoms with Gasteiger partial charge in [0.05, 0.1) is 13.2 Å². The summed E-state index contributed by atoms with van der Waals surface area (Å²) in [6, 6.07) is 12.0. The SMILES string of the molecule is COc1ccc(Cl)cc1N=c1oc2ccc(Cl)cc2cc1C(=O)NCC1CCCO1. The second-order valence-corrected chi connectivity index (χ2v) is 7.79. The van der Waals surface area contributed by atoms with Gasteiger partial charge in [-0.05, 0) is 55.3 Å². The molecule has 1 amide bonds. The predicted octanol–water partition coefficient (Wildman–Crippen LogP) is 4.89. The average molecular weight is 447 g/mol. The third kappa shape index (κ3) is 4.61. The van der Waals surface area contributed by atoms with Crippen molar-refractivity contribution in [3.63, 3.8) is 0 Å². The number of methoxy groups -OCH3 is 1. The third-order valence-electron chi connectivity index (χ3n) is 4.83. The van der Waals surface area contributed by atoms with Crippen LogP contribution in [-0.2, 0) is 4.74 Å². The normalized spacial score (nSPS) is 16.8. The lowest BCUT2D eigenvalue weighted by Gasteiger charge is -2.11. The Morgan fingerprint density at radius 3 is 2.77 bits per heavy atom. The molecular formula is C22H20Cl2N2O4. The zero-order chi connectivity index (χ0) is 21.1. The van der Waals surface area contributed by atoms with Gasteiger partial charge in [0.25, 0.3) is 5.91 Å². The zero-order valence-electron chi connectivity index (χ0n) is 16.3. The number of carbonyl (C=O) groups is 1. The van der Waals surface area contributed by atoms with Gasteiger partial charge in [-0.2, -0.15) is 0 Å². The van der Waals surface area contributed by atoms with Crippen molar-refractivity contribution >= 4 is 45.8 Å². The van der Waals surface area contributed by atoms with E-state index in [1.165, 1.54) is 7.11 Å². The maximum Gasteiger partial charge on any atom is 0.256 e. The van der Waals surface area contributed by atoms with Crippen LogP contribution in [0.25, 0.3) is 11.0 Å². The zero-order valence-corrected chi connectivity index (χ0v) is 17.8. The number of carbonyl (C=O) groups excluding carboxylic acids is 1. The van der Waals surface area contributed by atoms with Crippen molar-refractivity contribution in [1.82, 2.24) is 5.32 Å². The number of hydrogen-bond donors (Lipinski definition) is 1. The summed E-state index contributed by atoms with van der Waals surface area (Å²) >= 11 is 12.2. The topological polar surface area (TPSA) is 73.1 Å². The number of fused-ring (bicyclic) bond motifs is 1. The van der Waals surface area contributed by atoms with Crippen LogP contribution in [-0.4, -0.2) is 32.3 Å². The molecule has 0 radical (unpaired) electrons. The van der Waals surface area contributed by atoms with Crippen LogP contribution in [0.5, 0.6) is 5.75 Å². The molecule has 0 aliphatic carbocycles. The molecular weight excluding hydrogens is 427 g/mol. The first-order chi connectivity index (χ1) is 14.5. The van der Waals surface area contributed by atoms with E-state index in [4.69, 9.17) is 37.1 Å². The standard InChI is InChI=1S/C22H20Cl2N2O4/c1-28-20-7-5-15(24)11-18(20)26-22-17(21(27)25-12-16-3-2-8-29-16)10-13-9-14(23)4-6-19(13)30-22/h4-7,9-11,16H,2-3,8,12H2,1H3,(H,25,27). The fourth-order valence-electron chi connectivity index (χ4n) is 3.31. The molecule has 0 bridgehead atoms. The average Bonchev–Trinajstić information content (AvgIpc) is 3.25. The summed E-state index contributed by atoms with van der Waals surface area (Å²) in [7, 11) is 1.54. The second kappa shape index (κ2) is 9.08. The Hall–Kier alpha value is -2.54. The molecule has 4 rings (SSSR count). The van der Waals surface area contributed by atoms with Crippen LogP contribution in [0.1, 0.15) is 23.2 Å². The minimum absolute atomic E-state index is 0.0224. The first kappa shape index (κ1) is 20.7. The van der Waals surface area contributed by atoms with Crippen LogP contribution in [0.3, 0.4) is 0 Å². The van der Waals surface area contributed by atoms with E-state index in [9.17, 15) is 4.79 Å². The predicted molar refractivity (Wildman–Crippen MR) is 116 cm³/mol. The molecule has 156 valence electrons. The summed E-state index contributed by atoms with van der Waals surface area (Å²) in [5.41, 5.74) is 1.44. The second-order valence-electron chi connectivity index (χ2n) is 6.92. The van der Waals surface area contributed by atoms with Crippen LogP contribution < -0.4 is 15.6 Å². The molecule has 1 aliphatic rings. The van der Waals surface area contributed by atoms with E-state index in [2.05, 4.69) is 10.3 Å². The summed E-state index contributed by atoms with van der Waals surface area (Å²) in [5, 5.41) is 4.65. The molecule has 1 unspecified atom stereocenters. The fourth-order valence-corrected chi connectivity index (χ4v) is 3.66. The molecule has 2 heterocycles. The van der Waals surface area contributed by atoms with Gasteiger partial charge in [0, 0.05) is 28.6 Å². The molecule has 1 saturated heterocycles. The lowest BCUT2D eigenvalue weighted by molar-refractivity contribution is 0.0854. The van der Waals surface area contributed by atoms with E-state index in [-0.39, 0.29) is 23.1 Å². The molecule has 1 aromatic heterocycles. The summed E-state index contributed by atoms with van der Waals surface area (Å²) < 4.78 is 16.9. The van der Waals surface area contributed by atoms with Crippen LogP contribution >= 0.6 is 23.2 Å². The lowest BCUT2D eigenvalue weighted by atomic mass is 10.1. The van der Waals surface area contributed by atoms with Crippen molar-refractivity contribution in [2.45, 2.75) is 18.9 Å². The molecule has 0 saturated carbocycles. The van der Waals surface area contributed by atoms with E-state index in [0.717, 1.165) is 19.4 Å². The summed E-state index contributed by atoms with van der Waals surface area (Å²) in [6.45, 7) is 1.14. The van der Waals surface area contributed by atoms with Crippen LogP contribution in [0, 0.1) is 0 Å². The van der Waals surface area contributed by atoms with Gasteiger partial charge >= 0.3 is 0 Å². The highest BCUT2D eigenvalue weighted by Gasteiger charge is 2.19. The minimum atomic E-state index is -0.309. The molecule has 1 fully saturated rings. The monoisotopic (exact) mass is 446 g/mol. The Labute approximate surface area is 183 Å². The first-order valence-corrected chi connectivity index (χ1v) is 10.3. The Bertz CT molecular complexity index is 1150. The number of ether oxygens (including phenoxy) is 2. The molecule has 3 aromatic rings. The lowest BCUT2D eigenvalue weighted by Crippen LogP contribution is -2.34.